The summed E-state index contributed by atoms with van der Waals surface area (Å²) >= 11 is 1.40. The molecule has 1 amide bonds. The van der Waals surface area contributed by atoms with Crippen molar-refractivity contribution in [1.82, 2.24) is 4.90 Å². The van der Waals surface area contributed by atoms with Crippen LogP contribution in [0.1, 0.15) is 13.3 Å². The van der Waals surface area contributed by atoms with Gasteiger partial charge in [0.1, 0.15) is 5.82 Å². The third-order valence-corrected chi connectivity index (χ3v) is 4.56. The maximum atomic E-state index is 12.8. The third kappa shape index (κ3) is 3.48. The zero-order chi connectivity index (χ0) is 13.8. The van der Waals surface area contributed by atoms with Gasteiger partial charge >= 0.3 is 0 Å². The van der Waals surface area contributed by atoms with Gasteiger partial charge in [-0.2, -0.15) is 0 Å². The van der Waals surface area contributed by atoms with Crippen molar-refractivity contribution in [2.75, 3.05) is 18.9 Å². The summed E-state index contributed by atoms with van der Waals surface area (Å²) in [7, 11) is 0. The Morgan fingerprint density at radius 1 is 1.47 bits per heavy atom. The molecule has 2 atom stereocenters. The minimum Gasteiger partial charge on any atom is -0.394 e. The summed E-state index contributed by atoms with van der Waals surface area (Å²) in [5, 5.41) is 9.33. The molecule has 0 bridgehead atoms. The van der Waals surface area contributed by atoms with Crippen LogP contribution in [0.3, 0.4) is 0 Å². The van der Waals surface area contributed by atoms with Gasteiger partial charge in [0, 0.05) is 11.4 Å². The van der Waals surface area contributed by atoms with Crippen LogP contribution in [0.5, 0.6) is 0 Å². The molecule has 1 aliphatic rings. The molecule has 0 saturated carbocycles. The van der Waals surface area contributed by atoms with E-state index in [1.165, 1.54) is 23.9 Å². The smallest absolute Gasteiger partial charge is 0.233 e. The molecule has 0 spiro atoms. The van der Waals surface area contributed by atoms with Crippen LogP contribution in [0.4, 0.5) is 4.39 Å². The van der Waals surface area contributed by atoms with Gasteiger partial charge in [0.15, 0.2) is 0 Å². The van der Waals surface area contributed by atoms with E-state index in [4.69, 9.17) is 0 Å². The van der Waals surface area contributed by atoms with Crippen LogP contribution >= 0.6 is 11.8 Å². The third-order valence-electron chi connectivity index (χ3n) is 3.57. The van der Waals surface area contributed by atoms with Crippen molar-refractivity contribution in [3.8, 4) is 0 Å². The van der Waals surface area contributed by atoms with Crippen LogP contribution in [-0.2, 0) is 4.79 Å². The highest BCUT2D eigenvalue weighted by Crippen LogP contribution is 2.25. The summed E-state index contributed by atoms with van der Waals surface area (Å²) in [4.78, 5) is 14.8. The SMILES string of the molecule is CC1CCN(C(=O)CSc2ccc(F)cc2)C1CO. The van der Waals surface area contributed by atoms with Crippen LogP contribution in [0.15, 0.2) is 29.2 Å². The molecule has 1 aromatic carbocycles. The van der Waals surface area contributed by atoms with Crippen molar-refractivity contribution in [3.63, 3.8) is 0 Å². The Bertz CT molecular complexity index is 438. The molecule has 104 valence electrons. The summed E-state index contributed by atoms with van der Waals surface area (Å²) in [6.45, 7) is 2.80. The van der Waals surface area contributed by atoms with Gasteiger partial charge in [-0.3, -0.25) is 4.79 Å². The van der Waals surface area contributed by atoms with E-state index in [1.807, 2.05) is 0 Å². The fraction of sp³-hybridized carbons (Fsp3) is 0.500. The molecule has 0 aromatic heterocycles. The molecule has 2 rings (SSSR count). The van der Waals surface area contributed by atoms with E-state index in [0.717, 1.165) is 17.9 Å². The molecule has 0 aliphatic carbocycles. The molecule has 1 heterocycles. The molecule has 1 aromatic rings. The first-order chi connectivity index (χ1) is 9.11. The fourth-order valence-corrected chi connectivity index (χ4v) is 3.14. The van der Waals surface area contributed by atoms with Gasteiger partial charge < -0.3 is 10.0 Å². The number of likely N-dealkylation sites (tertiary alicyclic amines) is 1. The van der Waals surface area contributed by atoms with E-state index >= 15 is 0 Å². The fourth-order valence-electron chi connectivity index (χ4n) is 2.36. The Morgan fingerprint density at radius 3 is 2.79 bits per heavy atom. The Labute approximate surface area is 116 Å². The largest absolute Gasteiger partial charge is 0.394 e. The number of rotatable bonds is 4. The van der Waals surface area contributed by atoms with Crippen LogP contribution < -0.4 is 0 Å². The number of hydrogen-bond donors (Lipinski definition) is 1. The summed E-state index contributed by atoms with van der Waals surface area (Å²) in [6.07, 6.45) is 0.943. The number of hydrogen-bond acceptors (Lipinski definition) is 3. The Hall–Kier alpha value is -1.07. The molecule has 1 aliphatic heterocycles. The summed E-state index contributed by atoms with van der Waals surface area (Å²) in [5.74, 6) is 0.446. The van der Waals surface area contributed by atoms with Gasteiger partial charge in [0.05, 0.1) is 18.4 Å². The lowest BCUT2D eigenvalue weighted by Gasteiger charge is -2.25. The average molecular weight is 283 g/mol. The first-order valence-corrected chi connectivity index (χ1v) is 7.39. The second kappa shape index (κ2) is 6.39. The number of carbonyl (C=O) groups excluding carboxylic acids is 1. The maximum Gasteiger partial charge on any atom is 0.233 e. The predicted octanol–water partition coefficient (Wildman–Crippen LogP) is 2.15. The van der Waals surface area contributed by atoms with Crippen molar-refractivity contribution in [1.29, 1.82) is 0 Å². The standard InChI is InChI=1S/C14H18FNO2S/c1-10-6-7-16(13(10)8-17)14(18)9-19-12-4-2-11(15)3-5-12/h2-5,10,13,17H,6-9H2,1H3. The highest BCUT2D eigenvalue weighted by molar-refractivity contribution is 8.00. The number of carbonyl (C=O) groups is 1. The van der Waals surface area contributed by atoms with Gasteiger partial charge in [-0.25, -0.2) is 4.39 Å². The van der Waals surface area contributed by atoms with Gasteiger partial charge in [-0.05, 0) is 36.6 Å². The van der Waals surface area contributed by atoms with Crippen molar-refractivity contribution >= 4 is 17.7 Å². The molecule has 1 saturated heterocycles. The highest BCUT2D eigenvalue weighted by atomic mass is 32.2. The summed E-state index contributed by atoms with van der Waals surface area (Å²) < 4.78 is 12.8. The number of nitrogens with zero attached hydrogens (tertiary/aromatic N) is 1. The zero-order valence-electron chi connectivity index (χ0n) is 10.9. The second-order valence-corrected chi connectivity index (χ2v) is 5.89. The number of amides is 1. The first-order valence-electron chi connectivity index (χ1n) is 6.40. The number of thioether (sulfide) groups is 1. The minimum absolute atomic E-state index is 0.0219. The van der Waals surface area contributed by atoms with Gasteiger partial charge in [0.2, 0.25) is 5.91 Å². The van der Waals surface area contributed by atoms with Crippen LogP contribution in [0.2, 0.25) is 0 Å². The van der Waals surface area contributed by atoms with Gasteiger partial charge in [-0.1, -0.05) is 6.92 Å². The second-order valence-electron chi connectivity index (χ2n) is 4.85. The van der Waals surface area contributed by atoms with Gasteiger partial charge in [0.25, 0.3) is 0 Å². The van der Waals surface area contributed by atoms with E-state index in [9.17, 15) is 14.3 Å². The number of aliphatic hydroxyl groups excluding tert-OH is 1. The lowest BCUT2D eigenvalue weighted by Crippen LogP contribution is -2.40. The normalized spacial score (nSPS) is 22.8. The zero-order valence-corrected chi connectivity index (χ0v) is 11.7. The Balaban J connectivity index is 1.89. The molecule has 2 unspecified atom stereocenters. The topological polar surface area (TPSA) is 40.5 Å². The summed E-state index contributed by atoms with van der Waals surface area (Å²) in [5.41, 5.74) is 0. The Kier molecular flexibility index (Phi) is 4.82. The van der Waals surface area contributed by atoms with E-state index in [0.29, 0.717) is 11.7 Å². The van der Waals surface area contributed by atoms with Crippen molar-refractivity contribution in [2.45, 2.75) is 24.3 Å². The van der Waals surface area contributed by atoms with Crippen molar-refractivity contribution in [2.24, 2.45) is 5.92 Å². The van der Waals surface area contributed by atoms with Crippen molar-refractivity contribution in [3.05, 3.63) is 30.1 Å². The molecule has 0 radical (unpaired) electrons. The number of aliphatic hydroxyl groups is 1. The monoisotopic (exact) mass is 283 g/mol. The molecule has 5 heteroatoms. The number of benzene rings is 1. The molecular weight excluding hydrogens is 265 g/mol. The lowest BCUT2D eigenvalue weighted by atomic mass is 10.0. The molecule has 1 N–H and O–H groups in total. The highest BCUT2D eigenvalue weighted by Gasteiger charge is 2.33. The van der Waals surface area contributed by atoms with Crippen molar-refractivity contribution < 1.29 is 14.3 Å². The minimum atomic E-state index is -0.274. The maximum absolute atomic E-state index is 12.8. The van der Waals surface area contributed by atoms with E-state index in [1.54, 1.807) is 17.0 Å². The lowest BCUT2D eigenvalue weighted by molar-refractivity contribution is -0.130. The van der Waals surface area contributed by atoms with E-state index in [2.05, 4.69) is 6.92 Å². The quantitative estimate of drug-likeness (QED) is 0.861. The molecular formula is C14H18FNO2S. The Morgan fingerprint density at radius 2 is 2.16 bits per heavy atom. The number of halogens is 1. The molecule has 3 nitrogen and oxygen atoms in total. The van der Waals surface area contributed by atoms with Crippen LogP contribution in [0.25, 0.3) is 0 Å². The summed E-state index contributed by atoms with van der Waals surface area (Å²) in [6, 6.07) is 6.07. The van der Waals surface area contributed by atoms with E-state index in [-0.39, 0.29) is 24.4 Å². The van der Waals surface area contributed by atoms with Gasteiger partial charge in [-0.15, -0.1) is 11.8 Å². The van der Waals surface area contributed by atoms with Crippen LogP contribution in [-0.4, -0.2) is 40.9 Å². The predicted molar refractivity (Wildman–Crippen MR) is 73.5 cm³/mol. The van der Waals surface area contributed by atoms with Crippen LogP contribution in [0, 0.1) is 11.7 Å². The molecule has 1 fully saturated rings. The van der Waals surface area contributed by atoms with E-state index < -0.39 is 0 Å². The average Bonchev–Trinajstić information content (AvgIpc) is 2.79. The first kappa shape index (κ1) is 14.3. The molecule has 19 heavy (non-hydrogen) atoms.